The molecule has 1 aliphatic heterocycles. The number of nitrogens with zero attached hydrogens (tertiary/aromatic N) is 2. The van der Waals surface area contributed by atoms with Gasteiger partial charge in [-0.25, -0.2) is 4.98 Å². The molecule has 0 spiro atoms. The summed E-state index contributed by atoms with van der Waals surface area (Å²) in [6, 6.07) is 18.0. The lowest BCUT2D eigenvalue weighted by Crippen LogP contribution is -2.46. The lowest BCUT2D eigenvalue weighted by atomic mass is 10.0. The van der Waals surface area contributed by atoms with Gasteiger partial charge in [0.05, 0.1) is 12.1 Å². The van der Waals surface area contributed by atoms with Gasteiger partial charge in [-0.1, -0.05) is 30.3 Å². The lowest BCUT2D eigenvalue weighted by Gasteiger charge is -2.35. The molecule has 3 aromatic rings. The Morgan fingerprint density at radius 3 is 2.86 bits per heavy atom. The van der Waals surface area contributed by atoms with Crippen LogP contribution in [0, 0.1) is 6.92 Å². The maximum atomic E-state index is 12.8. The number of furan rings is 1. The SMILES string of the molecule is Cc1ccc(CNC(=O)c2cccnc2N2CCN[C@H](c3ccccc3)C2)o1. The van der Waals surface area contributed by atoms with Gasteiger partial charge in [-0.3, -0.25) is 4.79 Å². The van der Waals surface area contributed by atoms with Crippen LogP contribution in [0.4, 0.5) is 5.82 Å². The molecule has 0 aliphatic carbocycles. The summed E-state index contributed by atoms with van der Waals surface area (Å²) in [6.45, 7) is 4.65. The Bertz CT molecular complexity index is 938. The first-order valence-electron chi connectivity index (χ1n) is 9.52. The lowest BCUT2D eigenvalue weighted by molar-refractivity contribution is 0.0948. The summed E-state index contributed by atoms with van der Waals surface area (Å²) in [6.07, 6.45) is 1.74. The van der Waals surface area contributed by atoms with E-state index in [9.17, 15) is 4.79 Å². The minimum Gasteiger partial charge on any atom is -0.465 e. The predicted molar refractivity (Wildman–Crippen MR) is 108 cm³/mol. The van der Waals surface area contributed by atoms with E-state index in [2.05, 4.69) is 32.7 Å². The molecule has 6 heteroatoms. The number of rotatable bonds is 5. The van der Waals surface area contributed by atoms with Crippen LogP contribution in [0.3, 0.4) is 0 Å². The normalized spacial score (nSPS) is 16.8. The molecule has 6 nitrogen and oxygen atoms in total. The number of hydrogen-bond acceptors (Lipinski definition) is 5. The third-order valence-corrected chi connectivity index (χ3v) is 4.93. The Morgan fingerprint density at radius 1 is 1.21 bits per heavy atom. The van der Waals surface area contributed by atoms with Crippen molar-refractivity contribution in [3.63, 3.8) is 0 Å². The maximum Gasteiger partial charge on any atom is 0.255 e. The molecule has 0 radical (unpaired) electrons. The average Bonchev–Trinajstić information content (AvgIpc) is 3.18. The van der Waals surface area contributed by atoms with Crippen LogP contribution < -0.4 is 15.5 Å². The Morgan fingerprint density at radius 2 is 2.07 bits per heavy atom. The van der Waals surface area contributed by atoms with E-state index >= 15 is 0 Å². The van der Waals surface area contributed by atoms with Crippen molar-refractivity contribution in [1.82, 2.24) is 15.6 Å². The van der Waals surface area contributed by atoms with Crippen molar-refractivity contribution in [2.24, 2.45) is 0 Å². The fourth-order valence-electron chi connectivity index (χ4n) is 3.52. The highest BCUT2D eigenvalue weighted by Crippen LogP contribution is 2.24. The number of benzene rings is 1. The molecule has 0 saturated carbocycles. The smallest absolute Gasteiger partial charge is 0.255 e. The maximum absolute atomic E-state index is 12.8. The number of anilines is 1. The highest BCUT2D eigenvalue weighted by atomic mass is 16.3. The molecule has 2 aromatic heterocycles. The van der Waals surface area contributed by atoms with Gasteiger partial charge in [0, 0.05) is 31.9 Å². The molecule has 144 valence electrons. The van der Waals surface area contributed by atoms with E-state index in [0.29, 0.717) is 12.1 Å². The summed E-state index contributed by atoms with van der Waals surface area (Å²) in [5.74, 6) is 2.15. The molecule has 2 N–H and O–H groups in total. The van der Waals surface area contributed by atoms with Crippen LogP contribution in [0.15, 0.2) is 65.2 Å². The van der Waals surface area contributed by atoms with Crippen LogP contribution in [0.1, 0.15) is 33.5 Å². The predicted octanol–water partition coefficient (Wildman–Crippen LogP) is 3.06. The highest BCUT2D eigenvalue weighted by molar-refractivity contribution is 5.98. The van der Waals surface area contributed by atoms with E-state index in [4.69, 9.17) is 4.42 Å². The number of carbonyl (C=O) groups excluding carboxylic acids is 1. The first-order valence-corrected chi connectivity index (χ1v) is 9.52. The van der Waals surface area contributed by atoms with Crippen molar-refractivity contribution < 1.29 is 9.21 Å². The summed E-state index contributed by atoms with van der Waals surface area (Å²) < 4.78 is 5.53. The number of carbonyl (C=O) groups is 1. The molecular formula is C22H24N4O2. The molecule has 1 saturated heterocycles. The number of pyridine rings is 1. The van der Waals surface area contributed by atoms with Crippen LogP contribution >= 0.6 is 0 Å². The number of nitrogens with one attached hydrogen (secondary N) is 2. The Labute approximate surface area is 164 Å². The fraction of sp³-hybridized carbons (Fsp3) is 0.273. The van der Waals surface area contributed by atoms with Gasteiger partial charge in [-0.15, -0.1) is 0 Å². The van der Waals surface area contributed by atoms with Gasteiger partial charge in [0.25, 0.3) is 5.91 Å². The van der Waals surface area contributed by atoms with Gasteiger partial charge in [0.1, 0.15) is 17.3 Å². The van der Waals surface area contributed by atoms with Gasteiger partial charge >= 0.3 is 0 Å². The summed E-state index contributed by atoms with van der Waals surface area (Å²) in [5, 5.41) is 6.49. The molecule has 4 rings (SSSR count). The van der Waals surface area contributed by atoms with Crippen LogP contribution in [0.2, 0.25) is 0 Å². The largest absolute Gasteiger partial charge is 0.465 e. The molecular weight excluding hydrogens is 352 g/mol. The van der Waals surface area contributed by atoms with Gasteiger partial charge in [0.2, 0.25) is 0 Å². The van der Waals surface area contributed by atoms with E-state index in [-0.39, 0.29) is 11.9 Å². The summed E-state index contributed by atoms with van der Waals surface area (Å²) >= 11 is 0. The summed E-state index contributed by atoms with van der Waals surface area (Å²) in [5.41, 5.74) is 1.82. The summed E-state index contributed by atoms with van der Waals surface area (Å²) in [7, 11) is 0. The van der Waals surface area contributed by atoms with Crippen molar-refractivity contribution in [3.8, 4) is 0 Å². The topological polar surface area (TPSA) is 70.4 Å². The minimum atomic E-state index is -0.146. The van der Waals surface area contributed by atoms with E-state index in [1.165, 1.54) is 5.56 Å². The first-order chi connectivity index (χ1) is 13.7. The van der Waals surface area contributed by atoms with Crippen LogP contribution in [-0.2, 0) is 6.54 Å². The van der Waals surface area contributed by atoms with Crippen LogP contribution in [-0.4, -0.2) is 30.5 Å². The van der Waals surface area contributed by atoms with Gasteiger partial charge in [-0.2, -0.15) is 0 Å². The molecule has 0 unspecified atom stereocenters. The average molecular weight is 376 g/mol. The molecule has 1 aliphatic rings. The second-order valence-corrected chi connectivity index (χ2v) is 6.93. The second-order valence-electron chi connectivity index (χ2n) is 6.93. The highest BCUT2D eigenvalue weighted by Gasteiger charge is 2.25. The molecule has 3 heterocycles. The fourth-order valence-corrected chi connectivity index (χ4v) is 3.52. The van der Waals surface area contributed by atoms with Crippen molar-refractivity contribution in [3.05, 3.63) is 83.4 Å². The Kier molecular flexibility index (Phi) is 5.39. The van der Waals surface area contributed by atoms with E-state index in [1.807, 2.05) is 43.3 Å². The third kappa shape index (κ3) is 4.07. The quantitative estimate of drug-likeness (QED) is 0.716. The van der Waals surface area contributed by atoms with Crippen molar-refractivity contribution in [1.29, 1.82) is 0 Å². The van der Waals surface area contributed by atoms with Crippen molar-refractivity contribution in [2.45, 2.75) is 19.5 Å². The third-order valence-electron chi connectivity index (χ3n) is 4.93. The zero-order valence-electron chi connectivity index (χ0n) is 15.9. The second kappa shape index (κ2) is 8.27. The Hall–Kier alpha value is -3.12. The van der Waals surface area contributed by atoms with Gasteiger partial charge in [-0.05, 0) is 36.8 Å². The zero-order valence-corrected chi connectivity index (χ0v) is 15.9. The number of hydrogen-bond donors (Lipinski definition) is 2. The number of aryl methyl sites for hydroxylation is 1. The van der Waals surface area contributed by atoms with Crippen LogP contribution in [0.25, 0.3) is 0 Å². The van der Waals surface area contributed by atoms with Gasteiger partial charge < -0.3 is 20.0 Å². The van der Waals surface area contributed by atoms with Crippen molar-refractivity contribution in [2.75, 3.05) is 24.5 Å². The number of aromatic nitrogens is 1. The standard InChI is InChI=1S/C22H24N4O2/c1-16-9-10-18(28-16)14-25-22(27)19-8-5-11-24-21(19)26-13-12-23-20(15-26)17-6-3-2-4-7-17/h2-11,20,23H,12-15H2,1H3,(H,25,27)/t20-/m0/s1. The first kappa shape index (κ1) is 18.3. The zero-order chi connectivity index (χ0) is 19.3. The number of amides is 1. The Balaban J connectivity index is 1.49. The molecule has 1 aromatic carbocycles. The number of piperazine rings is 1. The van der Waals surface area contributed by atoms with E-state index in [0.717, 1.165) is 37.0 Å². The molecule has 1 fully saturated rings. The molecule has 0 bridgehead atoms. The van der Waals surface area contributed by atoms with Crippen molar-refractivity contribution >= 4 is 11.7 Å². The molecule has 28 heavy (non-hydrogen) atoms. The molecule has 1 amide bonds. The monoisotopic (exact) mass is 376 g/mol. The van der Waals surface area contributed by atoms with Gasteiger partial charge in [0.15, 0.2) is 0 Å². The van der Waals surface area contributed by atoms with E-state index < -0.39 is 0 Å². The van der Waals surface area contributed by atoms with Crippen LogP contribution in [0.5, 0.6) is 0 Å². The summed E-state index contributed by atoms with van der Waals surface area (Å²) in [4.78, 5) is 19.5. The molecule has 1 atom stereocenters. The van der Waals surface area contributed by atoms with E-state index in [1.54, 1.807) is 12.3 Å². The minimum absolute atomic E-state index is 0.146.